The van der Waals surface area contributed by atoms with E-state index in [9.17, 15) is 33.6 Å². The van der Waals surface area contributed by atoms with Gasteiger partial charge in [0.15, 0.2) is 6.73 Å². The lowest BCUT2D eigenvalue weighted by molar-refractivity contribution is -0.165. The van der Waals surface area contributed by atoms with Crippen LogP contribution in [-0.2, 0) is 28.7 Å². The normalized spacial score (nSPS) is 17.7. The van der Waals surface area contributed by atoms with Gasteiger partial charge in [-0.15, -0.1) is 0 Å². The van der Waals surface area contributed by atoms with Crippen LogP contribution in [0.3, 0.4) is 0 Å². The maximum Gasteiger partial charge on any atom is 0.417 e. The van der Waals surface area contributed by atoms with Gasteiger partial charge in [-0.05, 0) is 39.3 Å². The van der Waals surface area contributed by atoms with E-state index in [2.05, 4.69) is 0 Å². The number of amides is 6. The molecule has 0 radical (unpaired) electrons. The predicted octanol–water partition coefficient (Wildman–Crippen LogP) is 0.0233. The lowest BCUT2D eigenvalue weighted by atomic mass is 10.0. The lowest BCUT2D eigenvalue weighted by Crippen LogP contribution is -2.56. The van der Waals surface area contributed by atoms with Gasteiger partial charge in [-0.1, -0.05) is 12.1 Å². The molecular formula is C23H26N4O9. The van der Waals surface area contributed by atoms with Crippen molar-refractivity contribution in [2.24, 2.45) is 5.73 Å². The minimum absolute atomic E-state index is 0.0784. The van der Waals surface area contributed by atoms with Gasteiger partial charge in [-0.3, -0.25) is 33.7 Å². The van der Waals surface area contributed by atoms with Crippen molar-refractivity contribution in [1.29, 1.82) is 0 Å². The number of nitrogens with two attached hydrogens (primary N) is 1. The summed E-state index contributed by atoms with van der Waals surface area (Å²) in [6, 6.07) is 4.84. The van der Waals surface area contributed by atoms with Gasteiger partial charge >= 0.3 is 12.1 Å². The molecule has 1 atom stereocenters. The summed E-state index contributed by atoms with van der Waals surface area (Å²) in [6.07, 6.45) is -1.38. The molecule has 0 spiro atoms. The Morgan fingerprint density at radius 3 is 2.17 bits per heavy atom. The van der Waals surface area contributed by atoms with E-state index in [1.807, 2.05) is 0 Å². The summed E-state index contributed by atoms with van der Waals surface area (Å²) in [5.41, 5.74) is 4.64. The minimum Gasteiger partial charge on any atom is -0.443 e. The Hall–Kier alpha value is -4.13. The van der Waals surface area contributed by atoms with Gasteiger partial charge in [-0.25, -0.2) is 14.6 Å². The minimum atomic E-state index is -1.26. The number of carbonyl (C=O) groups is 7. The molecule has 2 heterocycles. The fraction of sp³-hybridized carbons (Fsp3) is 0.435. The van der Waals surface area contributed by atoms with Crippen molar-refractivity contribution in [1.82, 2.24) is 14.7 Å². The fourth-order valence-electron chi connectivity index (χ4n) is 3.68. The molecule has 36 heavy (non-hydrogen) atoms. The average molecular weight is 502 g/mol. The Morgan fingerprint density at radius 1 is 1.06 bits per heavy atom. The third kappa shape index (κ3) is 5.40. The number of piperidine rings is 1. The van der Waals surface area contributed by atoms with Crippen LogP contribution in [0.4, 0.5) is 4.79 Å². The first-order chi connectivity index (χ1) is 16.9. The highest BCUT2D eigenvalue weighted by atomic mass is 16.6. The van der Waals surface area contributed by atoms with Gasteiger partial charge in [0.2, 0.25) is 11.8 Å². The highest BCUT2D eigenvalue weighted by Gasteiger charge is 2.47. The number of hydrogen-bond acceptors (Lipinski definition) is 10. The van der Waals surface area contributed by atoms with Crippen LogP contribution >= 0.6 is 0 Å². The van der Waals surface area contributed by atoms with Gasteiger partial charge in [0.05, 0.1) is 17.7 Å². The summed E-state index contributed by atoms with van der Waals surface area (Å²) in [5, 5.41) is 0. The van der Waals surface area contributed by atoms with E-state index in [-0.39, 0.29) is 24.0 Å². The molecular weight excluding hydrogens is 476 g/mol. The molecule has 1 aromatic rings. The van der Waals surface area contributed by atoms with E-state index in [0.717, 1.165) is 4.90 Å². The van der Waals surface area contributed by atoms with E-state index >= 15 is 0 Å². The molecule has 192 valence electrons. The molecule has 13 heteroatoms. The number of imide groups is 3. The van der Waals surface area contributed by atoms with Crippen molar-refractivity contribution in [3.8, 4) is 0 Å². The van der Waals surface area contributed by atoms with E-state index in [4.69, 9.17) is 15.2 Å². The van der Waals surface area contributed by atoms with Crippen molar-refractivity contribution in [3.63, 3.8) is 0 Å². The highest BCUT2D eigenvalue weighted by molar-refractivity contribution is 6.23. The van der Waals surface area contributed by atoms with Gasteiger partial charge in [0.1, 0.15) is 18.2 Å². The molecule has 13 nitrogen and oxygen atoms in total. The average Bonchev–Trinajstić information content (AvgIpc) is 3.06. The van der Waals surface area contributed by atoms with Crippen LogP contribution in [0.5, 0.6) is 0 Å². The maximum atomic E-state index is 13.0. The second kappa shape index (κ2) is 10.2. The van der Waals surface area contributed by atoms with Gasteiger partial charge < -0.3 is 15.2 Å². The number of hydrogen-bond donors (Lipinski definition) is 1. The number of esters is 1. The molecule has 0 aromatic heterocycles. The van der Waals surface area contributed by atoms with E-state index in [0.29, 0.717) is 9.80 Å². The van der Waals surface area contributed by atoms with Crippen molar-refractivity contribution < 1.29 is 43.0 Å². The number of benzene rings is 1. The van der Waals surface area contributed by atoms with Gasteiger partial charge in [0.25, 0.3) is 17.7 Å². The van der Waals surface area contributed by atoms with Gasteiger partial charge in [0, 0.05) is 6.42 Å². The summed E-state index contributed by atoms with van der Waals surface area (Å²) in [6.45, 7) is 2.39. The number of carbonyl (C=O) groups excluding carboxylic acids is 7. The molecule has 2 N–H and O–H groups in total. The zero-order valence-corrected chi connectivity index (χ0v) is 20.0. The van der Waals surface area contributed by atoms with E-state index < -0.39 is 73.1 Å². The van der Waals surface area contributed by atoms with Crippen LogP contribution in [0, 0.1) is 0 Å². The zero-order chi connectivity index (χ0) is 26.8. The first-order valence-electron chi connectivity index (χ1n) is 11.1. The van der Waals surface area contributed by atoms with Crippen LogP contribution < -0.4 is 5.73 Å². The first kappa shape index (κ1) is 26.5. The quantitative estimate of drug-likeness (QED) is 0.413. The molecule has 1 aromatic carbocycles. The van der Waals surface area contributed by atoms with Crippen LogP contribution in [0.1, 0.15) is 54.3 Å². The Labute approximate surface area is 206 Å². The van der Waals surface area contributed by atoms with Crippen molar-refractivity contribution >= 4 is 41.6 Å². The Balaban J connectivity index is 1.67. The van der Waals surface area contributed by atoms with Crippen LogP contribution in [0.2, 0.25) is 0 Å². The number of fused-ring (bicyclic) bond motifs is 1. The van der Waals surface area contributed by atoms with Gasteiger partial charge in [-0.2, -0.15) is 0 Å². The smallest absolute Gasteiger partial charge is 0.417 e. The molecule has 2 aliphatic rings. The maximum absolute atomic E-state index is 13.0. The molecule has 1 unspecified atom stereocenters. The summed E-state index contributed by atoms with van der Waals surface area (Å²) in [5.74, 6) is -4.91. The zero-order valence-electron chi connectivity index (χ0n) is 20.0. The molecule has 0 saturated carbocycles. The van der Waals surface area contributed by atoms with E-state index in [1.54, 1.807) is 32.9 Å². The first-order valence-corrected chi connectivity index (χ1v) is 11.1. The Morgan fingerprint density at radius 2 is 1.64 bits per heavy atom. The highest BCUT2D eigenvalue weighted by Crippen LogP contribution is 2.29. The SMILES string of the molecule is CC(C)(C)OC(=O)N(CC(=O)OCN1C(=O)CCC(N2C(=O)c3ccccc3C2=O)C1=O)C(=O)CN. The monoisotopic (exact) mass is 502 g/mol. The molecule has 3 rings (SSSR count). The Kier molecular flexibility index (Phi) is 7.53. The molecule has 2 aliphatic heterocycles. The number of nitrogens with zero attached hydrogens (tertiary/aromatic N) is 3. The van der Waals surface area contributed by atoms with Crippen molar-refractivity contribution in [2.45, 2.75) is 45.3 Å². The number of rotatable bonds is 6. The summed E-state index contributed by atoms with van der Waals surface area (Å²) in [7, 11) is 0. The van der Waals surface area contributed by atoms with E-state index in [1.165, 1.54) is 12.1 Å². The van der Waals surface area contributed by atoms with Crippen molar-refractivity contribution in [3.05, 3.63) is 35.4 Å². The summed E-state index contributed by atoms with van der Waals surface area (Å²) >= 11 is 0. The topological polar surface area (TPSA) is 174 Å². The summed E-state index contributed by atoms with van der Waals surface area (Å²) in [4.78, 5) is 89.5. The third-order valence-corrected chi connectivity index (χ3v) is 5.35. The lowest BCUT2D eigenvalue weighted by Gasteiger charge is -2.34. The fourth-order valence-corrected chi connectivity index (χ4v) is 3.68. The second-order valence-corrected chi connectivity index (χ2v) is 9.05. The molecule has 6 amide bonds. The predicted molar refractivity (Wildman–Crippen MR) is 120 cm³/mol. The largest absolute Gasteiger partial charge is 0.443 e. The second-order valence-electron chi connectivity index (χ2n) is 9.05. The molecule has 1 saturated heterocycles. The van der Waals surface area contributed by atoms with Crippen molar-refractivity contribution in [2.75, 3.05) is 19.8 Å². The Bertz CT molecular complexity index is 1110. The summed E-state index contributed by atoms with van der Waals surface area (Å²) < 4.78 is 10.1. The molecule has 0 aliphatic carbocycles. The standard InChI is InChI=1S/C23H26N4O9/c1-23(2,3)36-22(34)25(17(29)10-24)11-18(30)35-12-26-16(28)9-8-15(21(26)33)27-19(31)13-6-4-5-7-14(13)20(27)32/h4-7,15H,8-12,24H2,1-3H3. The molecule has 1 fully saturated rings. The van der Waals surface area contributed by atoms with Crippen LogP contribution in [0.15, 0.2) is 24.3 Å². The van der Waals surface area contributed by atoms with Crippen LogP contribution in [0.25, 0.3) is 0 Å². The number of ether oxygens (including phenoxy) is 2. The van der Waals surface area contributed by atoms with Crippen LogP contribution in [-0.4, -0.2) is 87.8 Å². The molecule has 0 bridgehead atoms. The third-order valence-electron chi connectivity index (χ3n) is 5.35. The number of likely N-dealkylation sites (tertiary alicyclic amines) is 1.